The van der Waals surface area contributed by atoms with Crippen molar-refractivity contribution in [1.29, 1.82) is 0 Å². The fourth-order valence-corrected chi connectivity index (χ4v) is 3.83. The summed E-state index contributed by atoms with van der Waals surface area (Å²) in [6, 6.07) is 0.477. The average molecular weight is 390 g/mol. The maximum absolute atomic E-state index is 11.4. The van der Waals surface area contributed by atoms with Gasteiger partial charge in [0.1, 0.15) is 0 Å². The van der Waals surface area contributed by atoms with Crippen LogP contribution in [-0.2, 0) is 32.4 Å². The zero-order valence-electron chi connectivity index (χ0n) is 15.8. The number of hydrogen-bond acceptors (Lipinski definition) is 8. The summed E-state index contributed by atoms with van der Waals surface area (Å²) in [5.74, 6) is 0.454. The maximum atomic E-state index is 11.4. The van der Waals surface area contributed by atoms with Crippen LogP contribution in [0.25, 0.3) is 0 Å². The van der Waals surface area contributed by atoms with Crippen molar-refractivity contribution in [3.05, 3.63) is 11.9 Å². The Balaban J connectivity index is 1.52. The van der Waals surface area contributed by atoms with Crippen molar-refractivity contribution in [3.8, 4) is 0 Å². The molecule has 1 aliphatic rings. The van der Waals surface area contributed by atoms with Crippen LogP contribution in [-0.4, -0.2) is 91.9 Å². The summed E-state index contributed by atoms with van der Waals surface area (Å²) in [5, 5.41) is 11.5. The number of rotatable bonds is 12. The second-order valence-corrected chi connectivity index (χ2v) is 9.04. The molecule has 0 unspecified atom stereocenters. The van der Waals surface area contributed by atoms with Gasteiger partial charge < -0.3 is 14.8 Å². The van der Waals surface area contributed by atoms with Crippen molar-refractivity contribution in [2.24, 2.45) is 0 Å². The summed E-state index contributed by atoms with van der Waals surface area (Å²) < 4.78 is 35.6. The lowest BCUT2D eigenvalue weighted by molar-refractivity contribution is 0.0445. The lowest BCUT2D eigenvalue weighted by atomic mass is 10.4. The Morgan fingerprint density at radius 1 is 1.15 bits per heavy atom. The molecule has 0 spiro atoms. The molecule has 1 fully saturated rings. The smallest absolute Gasteiger partial charge is 0.152 e. The largest absolute Gasteiger partial charge is 0.378 e. The molecule has 1 saturated heterocycles. The molecule has 26 heavy (non-hydrogen) atoms. The van der Waals surface area contributed by atoms with E-state index in [4.69, 9.17) is 9.47 Å². The molecule has 1 aliphatic heterocycles. The van der Waals surface area contributed by atoms with Crippen LogP contribution in [0.3, 0.4) is 0 Å². The molecule has 2 heterocycles. The van der Waals surface area contributed by atoms with Crippen LogP contribution in [0.2, 0.25) is 0 Å². The maximum Gasteiger partial charge on any atom is 0.152 e. The normalized spacial score (nSPS) is 17.8. The number of ether oxygens (including phenoxy) is 2. The third-order valence-electron chi connectivity index (χ3n) is 4.04. The van der Waals surface area contributed by atoms with E-state index < -0.39 is 9.84 Å². The standard InChI is InChI=1S/C16H31N5O4S/c1-15(2)17-3-7-24-9-10-25-8-4-21-14-16(18-19-21)13-20-5-11-26(22,23)12-6-20/h14-15,17H,3-13H2,1-2H3. The van der Waals surface area contributed by atoms with Crippen LogP contribution in [0, 0.1) is 0 Å². The van der Waals surface area contributed by atoms with E-state index in [9.17, 15) is 8.42 Å². The lowest BCUT2D eigenvalue weighted by Crippen LogP contribution is -2.39. The van der Waals surface area contributed by atoms with Gasteiger partial charge in [-0.3, -0.25) is 4.90 Å². The Morgan fingerprint density at radius 2 is 1.85 bits per heavy atom. The van der Waals surface area contributed by atoms with Gasteiger partial charge in [-0.2, -0.15) is 0 Å². The van der Waals surface area contributed by atoms with Gasteiger partial charge in [0.2, 0.25) is 0 Å². The van der Waals surface area contributed by atoms with Gasteiger partial charge in [-0.15, -0.1) is 5.10 Å². The predicted molar refractivity (Wildman–Crippen MR) is 98.7 cm³/mol. The van der Waals surface area contributed by atoms with E-state index in [0.29, 0.717) is 58.6 Å². The monoisotopic (exact) mass is 389 g/mol. The van der Waals surface area contributed by atoms with Crippen LogP contribution in [0.5, 0.6) is 0 Å². The second-order valence-electron chi connectivity index (χ2n) is 6.73. The number of hydrogen-bond donors (Lipinski definition) is 1. The minimum atomic E-state index is -2.84. The number of nitrogens with zero attached hydrogens (tertiary/aromatic N) is 4. The Morgan fingerprint density at radius 3 is 2.54 bits per heavy atom. The summed E-state index contributed by atoms with van der Waals surface area (Å²) in [7, 11) is -2.84. The quantitative estimate of drug-likeness (QED) is 0.480. The fourth-order valence-electron chi connectivity index (χ4n) is 2.56. The topological polar surface area (TPSA) is 98.6 Å². The van der Waals surface area contributed by atoms with Gasteiger partial charge in [-0.1, -0.05) is 19.1 Å². The van der Waals surface area contributed by atoms with Gasteiger partial charge >= 0.3 is 0 Å². The molecule has 1 aromatic rings. The van der Waals surface area contributed by atoms with Crippen LogP contribution >= 0.6 is 0 Å². The van der Waals surface area contributed by atoms with Crippen LogP contribution in [0.15, 0.2) is 6.20 Å². The Kier molecular flexibility index (Phi) is 8.93. The fraction of sp³-hybridized carbons (Fsp3) is 0.875. The highest BCUT2D eigenvalue weighted by molar-refractivity contribution is 7.91. The van der Waals surface area contributed by atoms with Crippen LogP contribution in [0.4, 0.5) is 0 Å². The van der Waals surface area contributed by atoms with E-state index in [0.717, 1.165) is 12.2 Å². The van der Waals surface area contributed by atoms with Crippen molar-refractivity contribution in [2.75, 3.05) is 57.6 Å². The SMILES string of the molecule is CC(C)NCCOCCOCCn1cc(CN2CCS(=O)(=O)CC2)nn1. The molecular weight excluding hydrogens is 358 g/mol. The molecule has 0 aromatic carbocycles. The van der Waals surface area contributed by atoms with E-state index in [1.807, 2.05) is 6.20 Å². The van der Waals surface area contributed by atoms with E-state index in [1.165, 1.54) is 0 Å². The Labute approximate surface area is 155 Å². The molecule has 0 aliphatic carbocycles. The van der Waals surface area contributed by atoms with Crippen molar-refractivity contribution >= 4 is 9.84 Å². The molecular formula is C16H31N5O4S. The zero-order valence-corrected chi connectivity index (χ0v) is 16.6. The van der Waals surface area contributed by atoms with Gasteiger partial charge in [0.15, 0.2) is 9.84 Å². The van der Waals surface area contributed by atoms with Crippen LogP contribution < -0.4 is 5.32 Å². The molecule has 0 bridgehead atoms. The van der Waals surface area contributed by atoms with Gasteiger partial charge in [-0.05, 0) is 0 Å². The molecule has 10 heteroatoms. The molecule has 2 rings (SSSR count). The first-order valence-electron chi connectivity index (χ1n) is 9.15. The van der Waals surface area contributed by atoms with Crippen molar-refractivity contribution in [3.63, 3.8) is 0 Å². The van der Waals surface area contributed by atoms with E-state index >= 15 is 0 Å². The predicted octanol–water partition coefficient (Wildman–Crippen LogP) is -0.460. The summed E-state index contributed by atoms with van der Waals surface area (Å²) in [5.41, 5.74) is 0.852. The molecule has 9 nitrogen and oxygen atoms in total. The highest BCUT2D eigenvalue weighted by atomic mass is 32.2. The second kappa shape index (κ2) is 10.9. The Bertz CT molecular complexity index is 606. The minimum Gasteiger partial charge on any atom is -0.378 e. The molecule has 0 amide bonds. The summed E-state index contributed by atoms with van der Waals surface area (Å²) in [6.45, 7) is 9.84. The summed E-state index contributed by atoms with van der Waals surface area (Å²) >= 11 is 0. The first-order valence-corrected chi connectivity index (χ1v) is 11.0. The number of sulfone groups is 1. The van der Waals surface area contributed by atoms with Crippen molar-refractivity contribution in [1.82, 2.24) is 25.2 Å². The average Bonchev–Trinajstić information content (AvgIpc) is 3.02. The third kappa shape index (κ3) is 8.54. The highest BCUT2D eigenvalue weighted by Crippen LogP contribution is 2.07. The van der Waals surface area contributed by atoms with Gasteiger partial charge in [-0.25, -0.2) is 13.1 Å². The molecule has 0 saturated carbocycles. The van der Waals surface area contributed by atoms with Crippen LogP contribution in [0.1, 0.15) is 19.5 Å². The third-order valence-corrected chi connectivity index (χ3v) is 5.65. The summed E-state index contributed by atoms with van der Waals surface area (Å²) in [6.07, 6.45) is 1.89. The van der Waals surface area contributed by atoms with E-state index in [1.54, 1.807) is 4.68 Å². The summed E-state index contributed by atoms with van der Waals surface area (Å²) in [4.78, 5) is 2.09. The highest BCUT2D eigenvalue weighted by Gasteiger charge is 2.22. The minimum absolute atomic E-state index is 0.227. The first kappa shape index (κ1) is 21.2. The Hall–Kier alpha value is -1.07. The molecule has 1 N–H and O–H groups in total. The number of aromatic nitrogens is 3. The zero-order chi connectivity index (χ0) is 18.8. The molecule has 1 aromatic heterocycles. The van der Waals surface area contributed by atoms with E-state index in [-0.39, 0.29) is 11.5 Å². The molecule has 150 valence electrons. The molecule has 0 radical (unpaired) electrons. The van der Waals surface area contributed by atoms with Crippen molar-refractivity contribution in [2.45, 2.75) is 33.0 Å². The number of nitrogens with one attached hydrogen (secondary N) is 1. The molecule has 0 atom stereocenters. The van der Waals surface area contributed by atoms with E-state index in [2.05, 4.69) is 34.4 Å². The van der Waals surface area contributed by atoms with Gasteiger partial charge in [0, 0.05) is 38.4 Å². The van der Waals surface area contributed by atoms with Gasteiger partial charge in [0.25, 0.3) is 0 Å². The van der Waals surface area contributed by atoms with Gasteiger partial charge in [0.05, 0.1) is 50.2 Å². The van der Waals surface area contributed by atoms with Crippen molar-refractivity contribution < 1.29 is 17.9 Å². The lowest BCUT2D eigenvalue weighted by Gasteiger charge is -2.25. The first-order chi connectivity index (χ1) is 12.4.